The highest BCUT2D eigenvalue weighted by Gasteiger charge is 2.83. The molecule has 0 saturated heterocycles. The molecule has 190 valence electrons. The maximum absolute atomic E-state index is 14.9. The molecule has 0 aliphatic carbocycles. The predicted octanol–water partition coefficient (Wildman–Crippen LogP) is 7.55. The summed E-state index contributed by atoms with van der Waals surface area (Å²) >= 11 is 0. The van der Waals surface area contributed by atoms with Crippen LogP contribution in [0.5, 0.6) is 5.75 Å². The molecule has 33 heavy (non-hydrogen) atoms. The van der Waals surface area contributed by atoms with Gasteiger partial charge in [0.1, 0.15) is 5.75 Å². The fraction of sp³-hybridized carbons (Fsp3) is 0.467. The van der Waals surface area contributed by atoms with Crippen LogP contribution >= 0.6 is 0 Å². The lowest BCUT2D eigenvalue weighted by Gasteiger charge is -2.38. The van der Waals surface area contributed by atoms with E-state index >= 15 is 0 Å². The van der Waals surface area contributed by atoms with E-state index in [4.69, 9.17) is 0 Å². The average molecular weight is 524 g/mol. The molecular weight excluding hydrogens is 519 g/mol. The van der Waals surface area contributed by atoms with Crippen LogP contribution < -0.4 is 4.74 Å². The number of hydrogen-bond acceptors (Lipinski definition) is 1. The highest BCUT2D eigenvalue weighted by Crippen LogP contribution is 2.59. The van der Waals surface area contributed by atoms with E-state index in [0.29, 0.717) is 12.1 Å². The summed E-state index contributed by atoms with van der Waals surface area (Å²) in [6, 6.07) is 2.26. The number of alkyl halides is 16. The van der Waals surface area contributed by atoms with Gasteiger partial charge in [-0.3, -0.25) is 0 Å². The third kappa shape index (κ3) is 4.78. The molecule has 1 aromatic carbocycles. The van der Waals surface area contributed by atoms with E-state index in [0.717, 1.165) is 6.07 Å². The fourth-order valence-corrected chi connectivity index (χ4v) is 2.14. The first kappa shape index (κ1) is 28.6. The second-order valence-corrected chi connectivity index (χ2v) is 5.92. The lowest BCUT2D eigenvalue weighted by atomic mass is 9.91. The Morgan fingerprint density at radius 1 is 0.576 bits per heavy atom. The third-order valence-corrected chi connectivity index (χ3v) is 3.67. The molecule has 0 saturated carbocycles. The summed E-state index contributed by atoms with van der Waals surface area (Å²) in [6.07, 6.45) is -30.7. The SMILES string of the molecule is FC(=C(C(F)(F)F)C(F)(Oc1ccccc1)C(F)(F)C(F)(F)F)C(F)(C(F)(F)F)C(F)(F)F. The van der Waals surface area contributed by atoms with E-state index in [1.54, 1.807) is 0 Å². The van der Waals surface area contributed by atoms with Crippen LogP contribution in [-0.2, 0) is 0 Å². The molecule has 0 spiro atoms. The molecule has 0 aromatic heterocycles. The number of ether oxygens (including phenoxy) is 1. The van der Waals surface area contributed by atoms with E-state index in [2.05, 4.69) is 4.74 Å². The van der Waals surface area contributed by atoms with Crippen LogP contribution in [0, 0.1) is 0 Å². The second kappa shape index (κ2) is 8.11. The van der Waals surface area contributed by atoms with E-state index in [1.807, 2.05) is 0 Å². The Hall–Kier alpha value is -2.43. The average Bonchev–Trinajstić information content (AvgIpc) is 2.57. The largest absolute Gasteiger partial charge is 0.461 e. The van der Waals surface area contributed by atoms with Crippen LogP contribution in [0.3, 0.4) is 0 Å². The molecule has 1 nitrogen and oxygen atoms in total. The number of allylic oxidation sites excluding steroid dienone is 1. The van der Waals surface area contributed by atoms with Crippen molar-refractivity contribution < 1.29 is 79.4 Å². The van der Waals surface area contributed by atoms with Crippen LogP contribution in [0.4, 0.5) is 74.6 Å². The fourth-order valence-electron chi connectivity index (χ4n) is 2.14. The summed E-state index contributed by atoms with van der Waals surface area (Å²) in [4.78, 5) is 0. The quantitative estimate of drug-likeness (QED) is 0.362. The molecule has 1 atom stereocenters. The highest BCUT2D eigenvalue weighted by atomic mass is 19.4. The molecule has 1 unspecified atom stereocenters. The lowest BCUT2D eigenvalue weighted by Crippen LogP contribution is -2.63. The first-order valence-corrected chi connectivity index (χ1v) is 7.53. The van der Waals surface area contributed by atoms with Gasteiger partial charge >= 0.3 is 42.2 Å². The topological polar surface area (TPSA) is 9.23 Å². The van der Waals surface area contributed by atoms with Gasteiger partial charge < -0.3 is 4.74 Å². The summed E-state index contributed by atoms with van der Waals surface area (Å²) in [5.41, 5.74) is -13.1. The minimum absolute atomic E-state index is 0.128. The molecule has 0 fully saturated rings. The zero-order valence-electron chi connectivity index (χ0n) is 14.7. The molecular formula is C15H5F17O. The molecule has 0 aliphatic heterocycles. The molecule has 0 aliphatic rings. The van der Waals surface area contributed by atoms with Crippen molar-refractivity contribution in [2.45, 2.75) is 42.2 Å². The summed E-state index contributed by atoms with van der Waals surface area (Å²) in [7, 11) is 0. The summed E-state index contributed by atoms with van der Waals surface area (Å²) in [5.74, 6) is -22.1. The van der Waals surface area contributed by atoms with E-state index < -0.39 is 59.3 Å². The molecule has 0 N–H and O–H groups in total. The van der Waals surface area contributed by atoms with Crippen LogP contribution in [0.2, 0.25) is 0 Å². The molecule has 0 amide bonds. The van der Waals surface area contributed by atoms with Crippen LogP contribution in [0.15, 0.2) is 41.7 Å². The zero-order chi connectivity index (χ0) is 26.5. The molecule has 1 rings (SSSR count). The van der Waals surface area contributed by atoms with Gasteiger partial charge in [-0.2, -0.15) is 65.9 Å². The van der Waals surface area contributed by atoms with Crippen molar-refractivity contribution in [1.82, 2.24) is 0 Å². The first-order valence-electron chi connectivity index (χ1n) is 7.53. The van der Waals surface area contributed by atoms with Crippen molar-refractivity contribution in [3.05, 3.63) is 41.7 Å². The minimum atomic E-state index is -7.87. The van der Waals surface area contributed by atoms with Gasteiger partial charge in [0.05, 0.1) is 0 Å². The monoisotopic (exact) mass is 524 g/mol. The zero-order valence-corrected chi connectivity index (χ0v) is 14.7. The van der Waals surface area contributed by atoms with Gasteiger partial charge in [-0.25, -0.2) is 8.78 Å². The summed E-state index contributed by atoms with van der Waals surface area (Å²) in [5, 5.41) is 0. The van der Waals surface area contributed by atoms with Gasteiger partial charge in [-0.05, 0) is 12.1 Å². The van der Waals surface area contributed by atoms with Gasteiger partial charge in [-0.1, -0.05) is 18.2 Å². The maximum Gasteiger partial charge on any atom is 0.461 e. The van der Waals surface area contributed by atoms with E-state index in [1.165, 1.54) is 0 Å². The summed E-state index contributed by atoms with van der Waals surface area (Å²) < 4.78 is 227. The van der Waals surface area contributed by atoms with E-state index in [9.17, 15) is 74.6 Å². The molecule has 0 heterocycles. The smallest absolute Gasteiger partial charge is 0.448 e. The first-order chi connectivity index (χ1) is 14.4. The third-order valence-electron chi connectivity index (χ3n) is 3.67. The molecule has 18 heteroatoms. The van der Waals surface area contributed by atoms with Gasteiger partial charge in [-0.15, -0.1) is 0 Å². The van der Waals surface area contributed by atoms with Crippen LogP contribution in [-0.4, -0.2) is 42.2 Å². The molecule has 0 radical (unpaired) electrons. The van der Waals surface area contributed by atoms with Gasteiger partial charge in [0.15, 0.2) is 11.4 Å². The van der Waals surface area contributed by atoms with Crippen LogP contribution in [0.1, 0.15) is 0 Å². The number of para-hydroxylation sites is 1. The number of hydrogen-bond donors (Lipinski definition) is 0. The molecule has 0 bridgehead atoms. The Labute approximate surface area is 170 Å². The highest BCUT2D eigenvalue weighted by molar-refractivity contribution is 5.36. The Balaban J connectivity index is 4.26. The summed E-state index contributed by atoms with van der Waals surface area (Å²) in [6.45, 7) is 0. The number of halogens is 17. The van der Waals surface area contributed by atoms with Gasteiger partial charge in [0.25, 0.3) is 0 Å². The van der Waals surface area contributed by atoms with Gasteiger partial charge in [0, 0.05) is 0 Å². The predicted molar refractivity (Wildman–Crippen MR) is 72.0 cm³/mol. The maximum atomic E-state index is 14.9. The second-order valence-electron chi connectivity index (χ2n) is 5.92. The Bertz CT molecular complexity index is 844. The Morgan fingerprint density at radius 2 is 0.970 bits per heavy atom. The van der Waals surface area contributed by atoms with Crippen molar-refractivity contribution in [1.29, 1.82) is 0 Å². The van der Waals surface area contributed by atoms with Crippen LogP contribution in [0.25, 0.3) is 0 Å². The van der Waals surface area contributed by atoms with Crippen molar-refractivity contribution in [2.24, 2.45) is 0 Å². The standard InChI is InChI=1S/C15H5F17O/c16-8(9(17,13(24,25)26)14(27,28)29)7(11(19,20)21)10(18,12(22,23)15(30,31)32)33-6-4-2-1-3-5-6/h1-5H. The van der Waals surface area contributed by atoms with Crippen molar-refractivity contribution >= 4 is 0 Å². The number of rotatable bonds is 5. The van der Waals surface area contributed by atoms with E-state index in [-0.39, 0.29) is 12.1 Å². The Morgan fingerprint density at radius 3 is 1.27 bits per heavy atom. The van der Waals surface area contributed by atoms with Crippen molar-refractivity contribution in [2.75, 3.05) is 0 Å². The molecule has 1 aromatic rings. The normalized spacial score (nSPS) is 17.4. The minimum Gasteiger partial charge on any atom is -0.448 e. The lowest BCUT2D eigenvalue weighted by molar-refractivity contribution is -0.364. The Kier molecular flexibility index (Phi) is 7.03. The van der Waals surface area contributed by atoms with Gasteiger partial charge in [0.2, 0.25) is 0 Å². The van der Waals surface area contributed by atoms with Crippen molar-refractivity contribution in [3.63, 3.8) is 0 Å². The van der Waals surface area contributed by atoms with Crippen molar-refractivity contribution in [3.8, 4) is 5.75 Å². The number of benzene rings is 1.